The highest BCUT2D eigenvalue weighted by molar-refractivity contribution is 5.82. The van der Waals surface area contributed by atoms with Gasteiger partial charge in [-0.05, 0) is 37.0 Å². The van der Waals surface area contributed by atoms with E-state index in [9.17, 15) is 4.79 Å². The van der Waals surface area contributed by atoms with Gasteiger partial charge in [0.1, 0.15) is 11.9 Å². The fourth-order valence-corrected chi connectivity index (χ4v) is 3.75. The van der Waals surface area contributed by atoms with Crippen LogP contribution in [0.2, 0.25) is 0 Å². The first-order chi connectivity index (χ1) is 12.3. The summed E-state index contributed by atoms with van der Waals surface area (Å²) >= 11 is 0. The summed E-state index contributed by atoms with van der Waals surface area (Å²) < 4.78 is 2.22. The van der Waals surface area contributed by atoms with E-state index >= 15 is 0 Å². The zero-order valence-electron chi connectivity index (χ0n) is 14.3. The van der Waals surface area contributed by atoms with Crippen LogP contribution in [0.3, 0.4) is 0 Å². The number of rotatable bonds is 4. The van der Waals surface area contributed by atoms with Crippen molar-refractivity contribution >= 4 is 5.91 Å². The minimum absolute atomic E-state index is 0.0646. The average molecular weight is 340 g/mol. The minimum atomic E-state index is -0.0646. The molecule has 0 saturated carbocycles. The largest absolute Gasteiger partial charge is 0.341 e. The SMILES string of the molecule is O=C(C1CCNN1)N1CCC(c2nccn2Cc2ccncc2)CC1. The normalized spacial score (nSPS) is 21.6. The minimum Gasteiger partial charge on any atom is -0.341 e. The molecule has 1 atom stereocenters. The summed E-state index contributed by atoms with van der Waals surface area (Å²) in [6.45, 7) is 3.29. The number of hydrogen-bond donors (Lipinski definition) is 2. The molecular formula is C18H24N6O. The van der Waals surface area contributed by atoms with Crippen LogP contribution in [0, 0.1) is 0 Å². The van der Waals surface area contributed by atoms with Gasteiger partial charge in [0.15, 0.2) is 0 Å². The first kappa shape index (κ1) is 16.2. The Hall–Kier alpha value is -2.25. The quantitative estimate of drug-likeness (QED) is 0.865. The Morgan fingerprint density at radius 1 is 1.16 bits per heavy atom. The van der Waals surface area contributed by atoms with E-state index in [1.165, 1.54) is 5.56 Å². The Bertz CT molecular complexity index is 701. The van der Waals surface area contributed by atoms with Gasteiger partial charge in [0, 0.05) is 56.9 Å². The van der Waals surface area contributed by atoms with Gasteiger partial charge >= 0.3 is 0 Å². The van der Waals surface area contributed by atoms with E-state index in [0.717, 1.165) is 51.3 Å². The highest BCUT2D eigenvalue weighted by Gasteiger charge is 2.31. The van der Waals surface area contributed by atoms with Crippen molar-refractivity contribution in [3.05, 3.63) is 48.3 Å². The maximum atomic E-state index is 12.5. The van der Waals surface area contributed by atoms with E-state index in [4.69, 9.17) is 0 Å². The van der Waals surface area contributed by atoms with Gasteiger partial charge < -0.3 is 9.47 Å². The van der Waals surface area contributed by atoms with Crippen molar-refractivity contribution in [2.24, 2.45) is 0 Å². The van der Waals surface area contributed by atoms with Gasteiger partial charge in [-0.25, -0.2) is 10.4 Å². The molecule has 0 bridgehead atoms. The third-order valence-electron chi connectivity index (χ3n) is 5.15. The van der Waals surface area contributed by atoms with Crippen LogP contribution in [-0.2, 0) is 11.3 Å². The molecule has 25 heavy (non-hydrogen) atoms. The van der Waals surface area contributed by atoms with Gasteiger partial charge in [0.05, 0.1) is 0 Å². The van der Waals surface area contributed by atoms with E-state index in [2.05, 4.69) is 25.4 Å². The third-order valence-corrected chi connectivity index (χ3v) is 5.15. The van der Waals surface area contributed by atoms with Crippen molar-refractivity contribution < 1.29 is 4.79 Å². The van der Waals surface area contributed by atoms with Gasteiger partial charge in [-0.2, -0.15) is 0 Å². The van der Waals surface area contributed by atoms with Crippen LogP contribution >= 0.6 is 0 Å². The van der Waals surface area contributed by atoms with E-state index in [1.54, 1.807) is 0 Å². The Balaban J connectivity index is 1.38. The van der Waals surface area contributed by atoms with Gasteiger partial charge in [-0.3, -0.25) is 15.2 Å². The van der Waals surface area contributed by atoms with Crippen LogP contribution in [0.5, 0.6) is 0 Å². The van der Waals surface area contributed by atoms with E-state index in [1.807, 2.05) is 41.8 Å². The summed E-state index contributed by atoms with van der Waals surface area (Å²) in [4.78, 5) is 23.2. The predicted octanol–water partition coefficient (Wildman–Crippen LogP) is 0.899. The summed E-state index contributed by atoms with van der Waals surface area (Å²) in [5.41, 5.74) is 7.33. The van der Waals surface area contributed by atoms with Crippen molar-refractivity contribution in [1.82, 2.24) is 30.3 Å². The lowest BCUT2D eigenvalue weighted by Crippen LogP contribution is -2.48. The van der Waals surface area contributed by atoms with Crippen molar-refractivity contribution in [3.63, 3.8) is 0 Å². The second kappa shape index (κ2) is 7.33. The molecule has 7 heteroatoms. The molecule has 2 aromatic heterocycles. The summed E-state index contributed by atoms with van der Waals surface area (Å²) in [5, 5.41) is 0. The molecule has 0 radical (unpaired) electrons. The molecule has 0 aliphatic carbocycles. The maximum Gasteiger partial charge on any atom is 0.241 e. The number of piperidine rings is 1. The Kier molecular flexibility index (Phi) is 4.76. The predicted molar refractivity (Wildman–Crippen MR) is 93.7 cm³/mol. The standard InChI is InChI=1S/C18H24N6O/c25-18(16-3-8-21-22-16)23-10-4-15(5-11-23)17-20-9-12-24(17)13-14-1-6-19-7-2-14/h1-2,6-7,9,12,15-16,21-22H,3-5,8,10-11,13H2. The fraction of sp³-hybridized carbons (Fsp3) is 0.500. The lowest BCUT2D eigenvalue weighted by Gasteiger charge is -2.33. The molecule has 4 heterocycles. The lowest BCUT2D eigenvalue weighted by molar-refractivity contribution is -0.134. The molecule has 4 rings (SSSR count). The second-order valence-corrected chi connectivity index (χ2v) is 6.78. The van der Waals surface area contributed by atoms with Gasteiger partial charge in [-0.1, -0.05) is 0 Å². The third kappa shape index (κ3) is 3.57. The first-order valence-corrected chi connectivity index (χ1v) is 8.98. The monoisotopic (exact) mass is 340 g/mol. The van der Waals surface area contributed by atoms with Crippen LogP contribution in [0.4, 0.5) is 0 Å². The van der Waals surface area contributed by atoms with Crippen molar-refractivity contribution in [2.75, 3.05) is 19.6 Å². The zero-order chi connectivity index (χ0) is 17.1. The van der Waals surface area contributed by atoms with Crippen LogP contribution in [0.15, 0.2) is 36.9 Å². The topological polar surface area (TPSA) is 75.1 Å². The van der Waals surface area contributed by atoms with E-state index < -0.39 is 0 Å². The molecule has 2 saturated heterocycles. The summed E-state index contributed by atoms with van der Waals surface area (Å²) in [6, 6.07) is 4.01. The number of nitrogens with zero attached hydrogens (tertiary/aromatic N) is 4. The Labute approximate surface area is 147 Å². The number of aromatic nitrogens is 3. The number of hydrogen-bond acceptors (Lipinski definition) is 5. The molecule has 0 aromatic carbocycles. The molecule has 1 unspecified atom stereocenters. The second-order valence-electron chi connectivity index (χ2n) is 6.78. The van der Waals surface area contributed by atoms with Crippen LogP contribution in [0.1, 0.15) is 36.6 Å². The van der Waals surface area contributed by atoms with E-state index in [0.29, 0.717) is 5.92 Å². The number of carbonyl (C=O) groups is 1. The highest BCUT2D eigenvalue weighted by Crippen LogP contribution is 2.27. The number of imidazole rings is 1. The van der Waals surface area contributed by atoms with E-state index in [-0.39, 0.29) is 11.9 Å². The highest BCUT2D eigenvalue weighted by atomic mass is 16.2. The van der Waals surface area contributed by atoms with Crippen LogP contribution in [0.25, 0.3) is 0 Å². The summed E-state index contributed by atoms with van der Waals surface area (Å²) in [5.74, 6) is 1.77. The number of likely N-dealkylation sites (tertiary alicyclic amines) is 1. The number of pyridine rings is 1. The summed E-state index contributed by atoms with van der Waals surface area (Å²) in [7, 11) is 0. The number of nitrogens with one attached hydrogen (secondary N) is 2. The number of hydrazine groups is 1. The van der Waals surface area contributed by atoms with Crippen LogP contribution < -0.4 is 10.9 Å². The van der Waals surface area contributed by atoms with Crippen molar-refractivity contribution in [1.29, 1.82) is 0 Å². The fourth-order valence-electron chi connectivity index (χ4n) is 3.75. The van der Waals surface area contributed by atoms with Crippen molar-refractivity contribution in [3.8, 4) is 0 Å². The van der Waals surface area contributed by atoms with Crippen molar-refractivity contribution in [2.45, 2.75) is 37.8 Å². The molecule has 2 aromatic rings. The molecule has 2 fully saturated rings. The molecule has 2 aliphatic rings. The van der Waals surface area contributed by atoms with Crippen LogP contribution in [-0.4, -0.2) is 51.0 Å². The molecule has 1 amide bonds. The molecule has 7 nitrogen and oxygen atoms in total. The molecule has 2 N–H and O–H groups in total. The maximum absolute atomic E-state index is 12.5. The zero-order valence-corrected chi connectivity index (χ0v) is 14.3. The molecule has 2 aliphatic heterocycles. The summed E-state index contributed by atoms with van der Waals surface area (Å²) in [6.07, 6.45) is 10.4. The van der Waals surface area contributed by atoms with Gasteiger partial charge in [0.25, 0.3) is 0 Å². The van der Waals surface area contributed by atoms with Gasteiger partial charge in [0.2, 0.25) is 5.91 Å². The Morgan fingerprint density at radius 2 is 1.96 bits per heavy atom. The molecule has 0 spiro atoms. The molecule has 132 valence electrons. The average Bonchev–Trinajstić information content (AvgIpc) is 3.34. The Morgan fingerprint density at radius 3 is 2.68 bits per heavy atom. The lowest BCUT2D eigenvalue weighted by atomic mass is 9.95. The number of carbonyl (C=O) groups excluding carboxylic acids is 1. The number of amides is 1. The first-order valence-electron chi connectivity index (χ1n) is 8.98. The smallest absolute Gasteiger partial charge is 0.241 e. The van der Waals surface area contributed by atoms with Gasteiger partial charge in [-0.15, -0.1) is 0 Å². The molecular weight excluding hydrogens is 316 g/mol.